The second-order valence-electron chi connectivity index (χ2n) is 2.28. The molecule has 1 heteroatoms. The van der Waals surface area contributed by atoms with E-state index in [0.717, 1.165) is 11.3 Å². The maximum absolute atomic E-state index is 5.23. The maximum atomic E-state index is 5.23. The second-order valence-corrected chi connectivity index (χ2v) is 2.28. The highest BCUT2D eigenvalue weighted by Gasteiger charge is 1.89. The van der Waals surface area contributed by atoms with E-state index in [-0.39, 0.29) is 0 Å². The Hall–Kier alpha value is -1.86. The second kappa shape index (κ2) is 4.11. The van der Waals surface area contributed by atoms with Crippen molar-refractivity contribution in [2.75, 3.05) is 11.9 Å². The minimum atomic E-state index is 0.522. The molecular weight excluding hydrogens is 146 g/mol. The molecule has 1 rings (SSSR count). The molecule has 0 amide bonds. The fourth-order valence-electron chi connectivity index (χ4n) is 0.872. The molecule has 58 valence electrons. The topological polar surface area (TPSA) is 12.0 Å². The zero-order chi connectivity index (χ0) is 8.81. The molecule has 0 aliphatic heterocycles. The molecule has 0 bridgehead atoms. The summed E-state index contributed by atoms with van der Waals surface area (Å²) in [7, 11) is 0. The molecular formula is C11H9N. The fourth-order valence-corrected chi connectivity index (χ4v) is 0.872. The lowest BCUT2D eigenvalue weighted by atomic mass is 10.2. The van der Waals surface area contributed by atoms with Gasteiger partial charge in [-0.15, -0.1) is 12.8 Å². The van der Waals surface area contributed by atoms with Crippen molar-refractivity contribution in [1.82, 2.24) is 0 Å². The van der Waals surface area contributed by atoms with Gasteiger partial charge in [0, 0.05) is 11.3 Å². The van der Waals surface area contributed by atoms with Crippen molar-refractivity contribution in [3.05, 3.63) is 29.8 Å². The molecule has 1 nitrogen and oxygen atoms in total. The highest BCUT2D eigenvalue weighted by molar-refractivity contribution is 5.50. The van der Waals surface area contributed by atoms with Crippen LogP contribution in [0.3, 0.4) is 0 Å². The number of anilines is 1. The minimum Gasteiger partial charge on any atom is -0.374 e. The molecule has 0 heterocycles. The third-order valence-electron chi connectivity index (χ3n) is 1.42. The molecule has 0 atom stereocenters. The van der Waals surface area contributed by atoms with Crippen LogP contribution in [-0.2, 0) is 0 Å². The summed E-state index contributed by atoms with van der Waals surface area (Å²) in [5.41, 5.74) is 1.82. The van der Waals surface area contributed by atoms with Crippen molar-refractivity contribution >= 4 is 5.69 Å². The lowest BCUT2D eigenvalue weighted by molar-refractivity contribution is 1.38. The summed E-state index contributed by atoms with van der Waals surface area (Å²) in [5.74, 6) is 5.04. The van der Waals surface area contributed by atoms with E-state index in [1.54, 1.807) is 0 Å². The largest absolute Gasteiger partial charge is 0.374 e. The van der Waals surface area contributed by atoms with E-state index < -0.39 is 0 Å². The van der Waals surface area contributed by atoms with Gasteiger partial charge in [0.25, 0.3) is 0 Å². The van der Waals surface area contributed by atoms with Crippen molar-refractivity contribution in [3.63, 3.8) is 0 Å². The lowest BCUT2D eigenvalue weighted by Crippen LogP contribution is -1.97. The average molecular weight is 155 g/mol. The summed E-state index contributed by atoms with van der Waals surface area (Å²) in [5, 5.41) is 3.04. The first-order chi connectivity index (χ1) is 5.86. The van der Waals surface area contributed by atoms with Crippen LogP contribution < -0.4 is 5.32 Å². The van der Waals surface area contributed by atoms with Crippen LogP contribution in [0.1, 0.15) is 5.56 Å². The van der Waals surface area contributed by atoms with Crippen molar-refractivity contribution in [3.8, 4) is 24.7 Å². The SMILES string of the molecule is C#CCNc1cccc(C#C)c1. The van der Waals surface area contributed by atoms with Gasteiger partial charge in [0.15, 0.2) is 0 Å². The fraction of sp³-hybridized carbons (Fsp3) is 0.0909. The minimum absolute atomic E-state index is 0.522. The number of hydrogen-bond donors (Lipinski definition) is 1. The molecule has 0 saturated carbocycles. The molecule has 1 N–H and O–H groups in total. The van der Waals surface area contributed by atoms with Crippen LogP contribution in [0.25, 0.3) is 0 Å². The zero-order valence-electron chi connectivity index (χ0n) is 6.67. The number of terminal acetylenes is 2. The molecule has 0 fully saturated rings. The van der Waals surface area contributed by atoms with Crippen molar-refractivity contribution in [1.29, 1.82) is 0 Å². The molecule has 0 aliphatic carbocycles. The van der Waals surface area contributed by atoms with Gasteiger partial charge in [0.2, 0.25) is 0 Å². The Kier molecular flexibility index (Phi) is 2.82. The maximum Gasteiger partial charge on any atom is 0.0763 e. The van der Waals surface area contributed by atoms with Gasteiger partial charge in [-0.05, 0) is 18.2 Å². The summed E-state index contributed by atoms with van der Waals surface area (Å²) in [4.78, 5) is 0. The lowest BCUT2D eigenvalue weighted by Gasteiger charge is -2.01. The van der Waals surface area contributed by atoms with Gasteiger partial charge in [-0.1, -0.05) is 17.9 Å². The third-order valence-corrected chi connectivity index (χ3v) is 1.42. The highest BCUT2D eigenvalue weighted by atomic mass is 14.8. The van der Waals surface area contributed by atoms with Gasteiger partial charge < -0.3 is 5.32 Å². The molecule has 0 saturated heterocycles. The van der Waals surface area contributed by atoms with Crippen molar-refractivity contribution < 1.29 is 0 Å². The van der Waals surface area contributed by atoms with Crippen LogP contribution in [0.15, 0.2) is 24.3 Å². The van der Waals surface area contributed by atoms with Crippen LogP contribution in [0.5, 0.6) is 0 Å². The molecule has 1 aromatic rings. The van der Waals surface area contributed by atoms with E-state index in [0.29, 0.717) is 6.54 Å². The van der Waals surface area contributed by atoms with E-state index >= 15 is 0 Å². The summed E-state index contributed by atoms with van der Waals surface area (Å²) >= 11 is 0. The Morgan fingerprint density at radius 1 is 1.33 bits per heavy atom. The van der Waals surface area contributed by atoms with E-state index in [9.17, 15) is 0 Å². The number of benzene rings is 1. The predicted octanol–water partition coefficient (Wildman–Crippen LogP) is 1.71. The molecule has 0 radical (unpaired) electrons. The summed E-state index contributed by atoms with van der Waals surface area (Å²) in [6.45, 7) is 0.522. The quantitative estimate of drug-likeness (QED) is 0.641. The molecule has 0 aromatic heterocycles. The Labute approximate surface area is 72.8 Å². The zero-order valence-corrected chi connectivity index (χ0v) is 6.67. The van der Waals surface area contributed by atoms with E-state index in [4.69, 9.17) is 12.8 Å². The number of hydrogen-bond acceptors (Lipinski definition) is 1. The van der Waals surface area contributed by atoms with Gasteiger partial charge in [-0.25, -0.2) is 0 Å². The predicted molar refractivity (Wildman–Crippen MR) is 51.7 cm³/mol. The van der Waals surface area contributed by atoms with Gasteiger partial charge in [-0.2, -0.15) is 0 Å². The van der Waals surface area contributed by atoms with Crippen LogP contribution in [0.2, 0.25) is 0 Å². The monoisotopic (exact) mass is 155 g/mol. The Morgan fingerprint density at radius 2 is 2.17 bits per heavy atom. The summed E-state index contributed by atoms with van der Waals surface area (Å²) in [6, 6.07) is 7.59. The molecule has 0 aliphatic rings. The van der Waals surface area contributed by atoms with Gasteiger partial charge >= 0.3 is 0 Å². The summed E-state index contributed by atoms with van der Waals surface area (Å²) < 4.78 is 0. The first kappa shape index (κ1) is 8.24. The molecule has 0 spiro atoms. The van der Waals surface area contributed by atoms with E-state index in [1.807, 2.05) is 24.3 Å². The Balaban J connectivity index is 2.76. The highest BCUT2D eigenvalue weighted by Crippen LogP contribution is 2.08. The normalized spacial score (nSPS) is 8.17. The van der Waals surface area contributed by atoms with E-state index in [1.165, 1.54) is 0 Å². The standard InChI is InChI=1S/C11H9N/c1-3-8-12-11-7-5-6-10(4-2)9-11/h1-2,5-7,9,12H,8H2. The molecule has 1 aromatic carbocycles. The Morgan fingerprint density at radius 3 is 2.83 bits per heavy atom. The number of rotatable bonds is 2. The number of nitrogens with one attached hydrogen (secondary N) is 1. The van der Waals surface area contributed by atoms with Gasteiger partial charge in [-0.3, -0.25) is 0 Å². The first-order valence-electron chi connectivity index (χ1n) is 3.61. The van der Waals surface area contributed by atoms with Crippen LogP contribution >= 0.6 is 0 Å². The summed E-state index contributed by atoms with van der Waals surface area (Å²) in [6.07, 6.45) is 10.3. The van der Waals surface area contributed by atoms with Crippen molar-refractivity contribution in [2.24, 2.45) is 0 Å². The third kappa shape index (κ3) is 2.08. The van der Waals surface area contributed by atoms with E-state index in [2.05, 4.69) is 17.2 Å². The average Bonchev–Trinajstić information content (AvgIpc) is 2.15. The first-order valence-corrected chi connectivity index (χ1v) is 3.61. The van der Waals surface area contributed by atoms with Crippen molar-refractivity contribution in [2.45, 2.75) is 0 Å². The smallest absolute Gasteiger partial charge is 0.0763 e. The van der Waals surface area contributed by atoms with Crippen LogP contribution in [-0.4, -0.2) is 6.54 Å². The molecule has 12 heavy (non-hydrogen) atoms. The van der Waals surface area contributed by atoms with Crippen LogP contribution in [0.4, 0.5) is 5.69 Å². The molecule has 0 unspecified atom stereocenters. The van der Waals surface area contributed by atoms with Gasteiger partial charge in [0.05, 0.1) is 6.54 Å². The van der Waals surface area contributed by atoms with Gasteiger partial charge in [0.1, 0.15) is 0 Å². The van der Waals surface area contributed by atoms with Crippen LogP contribution in [0, 0.1) is 24.7 Å². The Bertz CT molecular complexity index is 339.